The van der Waals surface area contributed by atoms with Crippen LogP contribution in [0.5, 0.6) is 0 Å². The maximum atomic E-state index is 8.34. The summed E-state index contributed by atoms with van der Waals surface area (Å²) < 4.78 is 0. The summed E-state index contributed by atoms with van der Waals surface area (Å²) in [5, 5.41) is 11.3. The molecule has 0 bridgehead atoms. The fourth-order valence-corrected chi connectivity index (χ4v) is 2.18. The number of hydrogen-bond acceptors (Lipinski definition) is 3. The van der Waals surface area contributed by atoms with E-state index < -0.39 is 0 Å². The Morgan fingerprint density at radius 3 is 2.60 bits per heavy atom. The third-order valence-corrected chi connectivity index (χ3v) is 2.80. The van der Waals surface area contributed by atoms with Gasteiger partial charge < -0.3 is 10.9 Å². The van der Waals surface area contributed by atoms with E-state index in [-0.39, 0.29) is 0 Å². The second-order valence-electron chi connectivity index (χ2n) is 2.41. The fraction of sp³-hybridized carbons (Fsp3) is 0.833. The summed E-state index contributed by atoms with van der Waals surface area (Å²) in [5.74, 6) is 3.01. The van der Waals surface area contributed by atoms with Crippen LogP contribution in [0.15, 0.2) is 5.16 Å². The molecule has 0 aromatic carbocycles. The highest BCUT2D eigenvalue weighted by Gasteiger charge is 2.17. The van der Waals surface area contributed by atoms with Gasteiger partial charge in [0.1, 0.15) is 5.84 Å². The Bertz CT molecular complexity index is 132. The number of thioether (sulfide) groups is 1. The fourth-order valence-electron chi connectivity index (χ4n) is 1.07. The molecule has 1 rings (SSSR count). The summed E-state index contributed by atoms with van der Waals surface area (Å²) in [6.07, 6.45) is 2.11. The minimum atomic E-state index is 0.325. The van der Waals surface area contributed by atoms with Crippen molar-refractivity contribution in [2.45, 2.75) is 12.8 Å². The molecule has 0 amide bonds. The number of rotatable bonds is 1. The van der Waals surface area contributed by atoms with Crippen molar-refractivity contribution < 1.29 is 5.21 Å². The smallest absolute Gasteiger partial charge is 0.142 e. The molecule has 10 heavy (non-hydrogen) atoms. The SMILES string of the molecule is NC(=NO)C1CCSCC1. The van der Waals surface area contributed by atoms with E-state index in [1.165, 1.54) is 0 Å². The monoisotopic (exact) mass is 160 g/mol. The lowest BCUT2D eigenvalue weighted by molar-refractivity contribution is 0.313. The summed E-state index contributed by atoms with van der Waals surface area (Å²) in [7, 11) is 0. The van der Waals surface area contributed by atoms with E-state index in [1.807, 2.05) is 11.8 Å². The zero-order valence-electron chi connectivity index (χ0n) is 5.79. The second kappa shape index (κ2) is 3.71. The van der Waals surface area contributed by atoms with Crippen molar-refractivity contribution in [2.24, 2.45) is 16.8 Å². The minimum absolute atomic E-state index is 0.325. The lowest BCUT2D eigenvalue weighted by Crippen LogP contribution is -2.26. The second-order valence-corrected chi connectivity index (χ2v) is 3.64. The van der Waals surface area contributed by atoms with Crippen LogP contribution in [0.1, 0.15) is 12.8 Å². The first kappa shape index (κ1) is 7.72. The molecule has 0 saturated carbocycles. The number of nitrogens with two attached hydrogens (primary N) is 1. The normalized spacial score (nSPS) is 23.0. The van der Waals surface area contributed by atoms with E-state index >= 15 is 0 Å². The summed E-state index contributed by atoms with van der Waals surface area (Å²) in [5.41, 5.74) is 5.44. The standard InChI is InChI=1S/C6H12N2OS/c7-6(8-9)5-1-3-10-4-2-5/h5,9H,1-4H2,(H2,7,8). The van der Waals surface area contributed by atoms with Crippen LogP contribution >= 0.6 is 11.8 Å². The van der Waals surface area contributed by atoms with Crippen LogP contribution in [0.25, 0.3) is 0 Å². The molecule has 0 aromatic rings. The van der Waals surface area contributed by atoms with Gasteiger partial charge in [-0.1, -0.05) is 5.16 Å². The van der Waals surface area contributed by atoms with Gasteiger partial charge in [-0.25, -0.2) is 0 Å². The van der Waals surface area contributed by atoms with Crippen LogP contribution in [0.4, 0.5) is 0 Å². The molecule has 1 heterocycles. The maximum absolute atomic E-state index is 8.34. The van der Waals surface area contributed by atoms with Crippen molar-refractivity contribution in [1.82, 2.24) is 0 Å². The third-order valence-electron chi connectivity index (χ3n) is 1.76. The number of amidine groups is 1. The predicted octanol–water partition coefficient (Wildman–Crippen LogP) is 0.876. The van der Waals surface area contributed by atoms with Crippen molar-refractivity contribution in [3.8, 4) is 0 Å². The first-order valence-electron chi connectivity index (χ1n) is 3.39. The Morgan fingerprint density at radius 2 is 2.10 bits per heavy atom. The molecule has 1 aliphatic heterocycles. The molecule has 1 fully saturated rings. The maximum Gasteiger partial charge on any atom is 0.142 e. The molecule has 0 aromatic heterocycles. The molecule has 1 saturated heterocycles. The molecule has 58 valence electrons. The van der Waals surface area contributed by atoms with Gasteiger partial charge in [-0.15, -0.1) is 0 Å². The number of oxime groups is 1. The van der Waals surface area contributed by atoms with Gasteiger partial charge >= 0.3 is 0 Å². The van der Waals surface area contributed by atoms with E-state index in [2.05, 4.69) is 5.16 Å². The molecule has 4 heteroatoms. The molecule has 1 aliphatic rings. The number of hydrogen-bond donors (Lipinski definition) is 2. The summed E-state index contributed by atoms with van der Waals surface area (Å²) in [6, 6.07) is 0. The van der Waals surface area contributed by atoms with Crippen LogP contribution in [0.2, 0.25) is 0 Å². The first-order chi connectivity index (χ1) is 4.84. The van der Waals surface area contributed by atoms with Crippen molar-refractivity contribution in [2.75, 3.05) is 11.5 Å². The predicted molar refractivity (Wildman–Crippen MR) is 43.5 cm³/mol. The van der Waals surface area contributed by atoms with Crippen LogP contribution < -0.4 is 5.73 Å². The molecule has 0 aliphatic carbocycles. The Labute approximate surface area is 64.7 Å². The van der Waals surface area contributed by atoms with Gasteiger partial charge in [0.15, 0.2) is 0 Å². The summed E-state index contributed by atoms with van der Waals surface area (Å²) in [4.78, 5) is 0. The van der Waals surface area contributed by atoms with Gasteiger partial charge in [0.2, 0.25) is 0 Å². The van der Waals surface area contributed by atoms with Crippen molar-refractivity contribution in [3.63, 3.8) is 0 Å². The van der Waals surface area contributed by atoms with E-state index in [4.69, 9.17) is 10.9 Å². The van der Waals surface area contributed by atoms with Crippen molar-refractivity contribution in [1.29, 1.82) is 0 Å². The molecule has 0 unspecified atom stereocenters. The quantitative estimate of drug-likeness (QED) is 0.259. The highest BCUT2D eigenvalue weighted by atomic mass is 32.2. The largest absolute Gasteiger partial charge is 0.409 e. The Morgan fingerprint density at radius 1 is 1.50 bits per heavy atom. The van der Waals surface area contributed by atoms with E-state index in [0.717, 1.165) is 24.3 Å². The van der Waals surface area contributed by atoms with Crippen LogP contribution in [0.3, 0.4) is 0 Å². The molecule has 0 atom stereocenters. The van der Waals surface area contributed by atoms with Gasteiger partial charge in [0.05, 0.1) is 0 Å². The molecule has 3 N–H and O–H groups in total. The minimum Gasteiger partial charge on any atom is -0.409 e. The van der Waals surface area contributed by atoms with E-state index in [9.17, 15) is 0 Å². The molecule has 0 radical (unpaired) electrons. The topological polar surface area (TPSA) is 58.6 Å². The van der Waals surface area contributed by atoms with E-state index in [0.29, 0.717) is 11.8 Å². The molecular formula is C6H12N2OS. The first-order valence-corrected chi connectivity index (χ1v) is 4.55. The highest BCUT2D eigenvalue weighted by molar-refractivity contribution is 7.99. The van der Waals surface area contributed by atoms with Gasteiger partial charge in [-0.05, 0) is 24.3 Å². The Hall–Kier alpha value is -0.380. The van der Waals surface area contributed by atoms with Gasteiger partial charge in [-0.3, -0.25) is 0 Å². The lowest BCUT2D eigenvalue weighted by atomic mass is 10.0. The average Bonchev–Trinajstić information content (AvgIpc) is 2.05. The van der Waals surface area contributed by atoms with Gasteiger partial charge in [-0.2, -0.15) is 11.8 Å². The van der Waals surface area contributed by atoms with Gasteiger partial charge in [0, 0.05) is 5.92 Å². The zero-order valence-corrected chi connectivity index (χ0v) is 6.60. The molecule has 0 spiro atoms. The van der Waals surface area contributed by atoms with Crippen LogP contribution in [0, 0.1) is 5.92 Å². The van der Waals surface area contributed by atoms with Crippen LogP contribution in [-0.2, 0) is 0 Å². The molecular weight excluding hydrogens is 148 g/mol. The lowest BCUT2D eigenvalue weighted by Gasteiger charge is -2.19. The van der Waals surface area contributed by atoms with Crippen molar-refractivity contribution >= 4 is 17.6 Å². The Kier molecular flexibility index (Phi) is 2.86. The van der Waals surface area contributed by atoms with E-state index in [1.54, 1.807) is 0 Å². The third kappa shape index (κ3) is 1.80. The molecule has 3 nitrogen and oxygen atoms in total. The van der Waals surface area contributed by atoms with Crippen molar-refractivity contribution in [3.05, 3.63) is 0 Å². The van der Waals surface area contributed by atoms with Crippen LogP contribution in [-0.4, -0.2) is 22.5 Å². The summed E-state index contributed by atoms with van der Waals surface area (Å²) >= 11 is 1.93. The van der Waals surface area contributed by atoms with Gasteiger partial charge in [0.25, 0.3) is 0 Å². The Balaban J connectivity index is 2.39. The summed E-state index contributed by atoms with van der Waals surface area (Å²) in [6.45, 7) is 0. The number of nitrogens with zero attached hydrogens (tertiary/aromatic N) is 1. The zero-order chi connectivity index (χ0) is 7.40. The average molecular weight is 160 g/mol. The highest BCUT2D eigenvalue weighted by Crippen LogP contribution is 2.22.